The topological polar surface area (TPSA) is 153 Å². The third-order valence-electron chi connectivity index (χ3n) is 4.71. The first-order valence-electron chi connectivity index (χ1n) is 10.7. The lowest BCUT2D eigenvalue weighted by Crippen LogP contribution is -2.24. The van der Waals surface area contributed by atoms with Crippen LogP contribution in [0.2, 0.25) is 0 Å². The summed E-state index contributed by atoms with van der Waals surface area (Å²) in [5.41, 5.74) is -0.624. The molecule has 0 atom stereocenters. The van der Waals surface area contributed by atoms with Crippen molar-refractivity contribution < 1.29 is 28.9 Å². The molecule has 35 heavy (non-hydrogen) atoms. The maximum atomic E-state index is 13.0. The van der Waals surface area contributed by atoms with Crippen molar-refractivity contribution in [1.29, 1.82) is 5.26 Å². The molecule has 0 spiro atoms. The second-order valence-electron chi connectivity index (χ2n) is 7.21. The van der Waals surface area contributed by atoms with Gasteiger partial charge in [0.2, 0.25) is 5.88 Å². The minimum Gasteiger partial charge on any atom is -0.493 e. The molecular weight excluding hydrogens is 456 g/mol. The highest BCUT2D eigenvalue weighted by molar-refractivity contribution is 5.94. The average molecular weight is 482 g/mol. The molecule has 0 bridgehead atoms. The molecule has 0 aliphatic carbocycles. The van der Waals surface area contributed by atoms with Crippen molar-refractivity contribution in [3.05, 3.63) is 63.5 Å². The van der Waals surface area contributed by atoms with Gasteiger partial charge < -0.3 is 19.3 Å². The summed E-state index contributed by atoms with van der Waals surface area (Å²) in [6.45, 7) is 8.51. The molecule has 0 fully saturated rings. The lowest BCUT2D eigenvalue weighted by Gasteiger charge is -2.13. The minimum absolute atomic E-state index is 0.0570. The number of ether oxygens (including phenoxy) is 3. The smallest absolute Gasteiger partial charge is 0.340 e. The van der Waals surface area contributed by atoms with E-state index >= 15 is 0 Å². The van der Waals surface area contributed by atoms with Gasteiger partial charge in [-0.25, -0.2) is 9.59 Å². The summed E-state index contributed by atoms with van der Waals surface area (Å²) in [7, 11) is 0. The lowest BCUT2D eigenvalue weighted by molar-refractivity contribution is -0.139. The minimum atomic E-state index is -0.758. The van der Waals surface area contributed by atoms with Gasteiger partial charge in [0.25, 0.3) is 5.56 Å². The van der Waals surface area contributed by atoms with Crippen LogP contribution in [0.3, 0.4) is 0 Å². The summed E-state index contributed by atoms with van der Waals surface area (Å²) in [5, 5.41) is 27.9. The Morgan fingerprint density at radius 1 is 1.17 bits per heavy atom. The van der Waals surface area contributed by atoms with E-state index in [1.165, 1.54) is 26.0 Å². The van der Waals surface area contributed by atoms with Crippen LogP contribution in [0.15, 0.2) is 51.4 Å². The Hall–Kier alpha value is -4.30. The quantitative estimate of drug-likeness (QED) is 0.221. The summed E-state index contributed by atoms with van der Waals surface area (Å²) in [6, 6.07) is 8.09. The molecular formula is C24H26N4O7. The largest absolute Gasteiger partial charge is 0.493 e. The number of azo groups is 1. The van der Waals surface area contributed by atoms with E-state index in [1.54, 1.807) is 12.1 Å². The highest BCUT2D eigenvalue weighted by Crippen LogP contribution is 2.28. The number of pyridine rings is 1. The van der Waals surface area contributed by atoms with Crippen LogP contribution >= 0.6 is 0 Å². The summed E-state index contributed by atoms with van der Waals surface area (Å²) < 4.78 is 16.1. The lowest BCUT2D eigenvalue weighted by atomic mass is 10.1. The van der Waals surface area contributed by atoms with E-state index in [-0.39, 0.29) is 60.0 Å². The van der Waals surface area contributed by atoms with E-state index in [1.807, 2.05) is 13.0 Å². The van der Waals surface area contributed by atoms with Gasteiger partial charge in [0, 0.05) is 17.7 Å². The van der Waals surface area contributed by atoms with Crippen LogP contribution in [0.5, 0.6) is 5.88 Å². The van der Waals surface area contributed by atoms with Gasteiger partial charge in [0.1, 0.15) is 30.5 Å². The highest BCUT2D eigenvalue weighted by Gasteiger charge is 2.20. The predicted octanol–water partition coefficient (Wildman–Crippen LogP) is 3.46. The predicted molar refractivity (Wildman–Crippen MR) is 125 cm³/mol. The number of benzene rings is 1. The fourth-order valence-corrected chi connectivity index (χ4v) is 2.87. The molecule has 2 rings (SSSR count). The van der Waals surface area contributed by atoms with Crippen LogP contribution in [0, 0.1) is 18.3 Å². The van der Waals surface area contributed by atoms with Crippen molar-refractivity contribution in [3.63, 3.8) is 0 Å². The maximum Gasteiger partial charge on any atom is 0.340 e. The number of aromatic nitrogens is 1. The fraction of sp³-hybridized carbons (Fsp3) is 0.333. The van der Waals surface area contributed by atoms with E-state index < -0.39 is 23.4 Å². The van der Waals surface area contributed by atoms with Crippen LogP contribution in [0.1, 0.15) is 35.3 Å². The Morgan fingerprint density at radius 2 is 1.89 bits per heavy atom. The van der Waals surface area contributed by atoms with E-state index in [9.17, 15) is 24.8 Å². The standard InChI is InChI=1S/C24H26N4O7/c1-5-33-12-13-35-24(32)17-8-6-7-9-19(17)26-27-20-16(4)18(14-25)21(29)28(22(20)30)10-11-34-23(31)15(2)3/h6-9,29H,2,5,10-13H2,1,3-4H3. The highest BCUT2D eigenvalue weighted by atomic mass is 16.6. The van der Waals surface area contributed by atoms with Crippen molar-refractivity contribution in [2.24, 2.45) is 10.2 Å². The van der Waals surface area contributed by atoms with E-state index in [0.717, 1.165) is 4.57 Å². The molecule has 0 aliphatic rings. The fourth-order valence-electron chi connectivity index (χ4n) is 2.87. The molecule has 184 valence electrons. The van der Waals surface area contributed by atoms with E-state index in [4.69, 9.17) is 14.2 Å². The van der Waals surface area contributed by atoms with Crippen LogP contribution < -0.4 is 5.56 Å². The number of carbonyl (C=O) groups is 2. The monoisotopic (exact) mass is 482 g/mol. The Balaban J connectivity index is 2.38. The molecule has 0 amide bonds. The number of aromatic hydroxyl groups is 1. The van der Waals surface area contributed by atoms with Gasteiger partial charge in [-0.15, -0.1) is 10.2 Å². The number of esters is 2. The number of hydrogen-bond donors (Lipinski definition) is 1. The Kier molecular flexibility index (Phi) is 9.86. The van der Waals surface area contributed by atoms with E-state index in [0.29, 0.717) is 6.61 Å². The molecule has 1 aromatic carbocycles. The second-order valence-corrected chi connectivity index (χ2v) is 7.21. The number of carbonyl (C=O) groups excluding carboxylic acids is 2. The summed E-state index contributed by atoms with van der Waals surface area (Å²) in [6.07, 6.45) is 0. The van der Waals surface area contributed by atoms with Gasteiger partial charge in [-0.1, -0.05) is 18.7 Å². The first-order chi connectivity index (χ1) is 16.7. The maximum absolute atomic E-state index is 13.0. The van der Waals surface area contributed by atoms with Gasteiger partial charge in [0.15, 0.2) is 5.69 Å². The summed E-state index contributed by atoms with van der Waals surface area (Å²) >= 11 is 0. The van der Waals surface area contributed by atoms with Gasteiger partial charge >= 0.3 is 11.9 Å². The zero-order valence-electron chi connectivity index (χ0n) is 19.7. The molecule has 0 radical (unpaired) electrons. The van der Waals surface area contributed by atoms with Gasteiger partial charge in [-0.3, -0.25) is 9.36 Å². The molecule has 11 nitrogen and oxygen atoms in total. The van der Waals surface area contributed by atoms with Crippen molar-refractivity contribution in [3.8, 4) is 11.9 Å². The third kappa shape index (κ3) is 6.84. The second kappa shape index (κ2) is 12.8. The van der Waals surface area contributed by atoms with Crippen molar-refractivity contribution >= 4 is 23.3 Å². The van der Waals surface area contributed by atoms with Crippen molar-refractivity contribution in [2.75, 3.05) is 26.4 Å². The Labute approximate surface area is 201 Å². The van der Waals surface area contributed by atoms with Crippen molar-refractivity contribution in [1.82, 2.24) is 4.57 Å². The molecule has 0 aliphatic heterocycles. The molecule has 1 N–H and O–H groups in total. The third-order valence-corrected chi connectivity index (χ3v) is 4.71. The Morgan fingerprint density at radius 3 is 2.54 bits per heavy atom. The summed E-state index contributed by atoms with van der Waals surface area (Å²) in [4.78, 5) is 37.0. The molecule has 11 heteroatoms. The van der Waals surface area contributed by atoms with E-state index in [2.05, 4.69) is 16.8 Å². The normalized spacial score (nSPS) is 10.7. The number of nitrogens with zero attached hydrogens (tertiary/aromatic N) is 4. The zero-order valence-corrected chi connectivity index (χ0v) is 19.7. The number of nitriles is 1. The summed E-state index contributed by atoms with van der Waals surface area (Å²) in [5.74, 6) is -1.88. The molecule has 1 heterocycles. The first-order valence-corrected chi connectivity index (χ1v) is 10.7. The van der Waals surface area contributed by atoms with Crippen LogP contribution in [0.25, 0.3) is 0 Å². The number of rotatable bonds is 11. The average Bonchev–Trinajstić information content (AvgIpc) is 2.84. The molecule has 0 unspecified atom stereocenters. The van der Waals surface area contributed by atoms with Crippen LogP contribution in [-0.2, 0) is 25.5 Å². The zero-order chi connectivity index (χ0) is 26.0. The molecule has 0 saturated heterocycles. The van der Waals surface area contributed by atoms with Crippen LogP contribution in [-0.4, -0.2) is 48.0 Å². The molecule has 2 aromatic rings. The number of hydrogen-bond acceptors (Lipinski definition) is 10. The molecule has 1 aromatic heterocycles. The van der Waals surface area contributed by atoms with Crippen molar-refractivity contribution in [2.45, 2.75) is 27.3 Å². The first kappa shape index (κ1) is 26.9. The van der Waals surface area contributed by atoms with Gasteiger partial charge in [-0.2, -0.15) is 5.26 Å². The van der Waals surface area contributed by atoms with Crippen LogP contribution in [0.4, 0.5) is 11.4 Å². The molecule has 0 saturated carbocycles. The Bertz CT molecular complexity index is 1240. The van der Waals surface area contributed by atoms with Gasteiger partial charge in [-0.05, 0) is 32.9 Å². The van der Waals surface area contributed by atoms with Gasteiger partial charge in [0.05, 0.1) is 18.7 Å². The SMILES string of the molecule is C=C(C)C(=O)OCCn1c(O)c(C#N)c(C)c(N=Nc2ccccc2C(=O)OCCOCC)c1=O.